The van der Waals surface area contributed by atoms with Gasteiger partial charge in [0.1, 0.15) is 0 Å². The topological polar surface area (TPSA) is 49.9 Å². The number of hydrogen-bond donors (Lipinski definition) is 1. The Balaban J connectivity index is 3.40. The highest BCUT2D eigenvalue weighted by molar-refractivity contribution is 5.93. The van der Waals surface area contributed by atoms with Crippen LogP contribution in [0.25, 0.3) is 0 Å². The smallest absolute Gasteiger partial charge is 0.195 e. The van der Waals surface area contributed by atoms with E-state index in [1.807, 2.05) is 0 Å². The number of rotatable bonds is 1. The zero-order valence-corrected chi connectivity index (χ0v) is 6.47. The van der Waals surface area contributed by atoms with Gasteiger partial charge >= 0.3 is 0 Å². The van der Waals surface area contributed by atoms with Gasteiger partial charge in [-0.15, -0.1) is 0 Å². The summed E-state index contributed by atoms with van der Waals surface area (Å²) in [6.07, 6.45) is 3.01. The average Bonchev–Trinajstić information content (AvgIpc) is 1.94. The number of aryl methyl sites for hydroxylation is 1. The van der Waals surface area contributed by atoms with E-state index in [0.717, 1.165) is 0 Å². The van der Waals surface area contributed by atoms with Crippen molar-refractivity contribution in [2.75, 3.05) is 0 Å². The molecule has 0 spiro atoms. The van der Waals surface area contributed by atoms with Gasteiger partial charge in [0.2, 0.25) is 0 Å². The lowest BCUT2D eigenvalue weighted by Crippen LogP contribution is -2.15. The van der Waals surface area contributed by atoms with Crippen LogP contribution in [0.3, 0.4) is 0 Å². The Labute approximate surface area is 64.1 Å². The number of nitrogens with one attached hydrogen (secondary N) is 1. The first-order valence-electron chi connectivity index (χ1n) is 3.31. The van der Waals surface area contributed by atoms with Crippen molar-refractivity contribution in [1.29, 1.82) is 0 Å². The van der Waals surface area contributed by atoms with E-state index in [-0.39, 0.29) is 16.8 Å². The summed E-state index contributed by atoms with van der Waals surface area (Å²) < 4.78 is 0. The third-order valence-corrected chi connectivity index (χ3v) is 1.51. The number of aromatic nitrogens is 1. The molecule has 1 aromatic rings. The molecule has 3 heteroatoms. The van der Waals surface area contributed by atoms with E-state index in [0.29, 0.717) is 5.56 Å². The van der Waals surface area contributed by atoms with Crippen molar-refractivity contribution in [2.24, 2.45) is 0 Å². The maximum atomic E-state index is 11.2. The zero-order chi connectivity index (χ0) is 8.43. The summed E-state index contributed by atoms with van der Waals surface area (Å²) in [5.74, 6) is -0.199. The van der Waals surface area contributed by atoms with Crippen LogP contribution in [0.1, 0.15) is 22.8 Å². The van der Waals surface area contributed by atoms with E-state index < -0.39 is 0 Å². The van der Waals surface area contributed by atoms with Crippen LogP contribution in [0, 0.1) is 6.92 Å². The largest absolute Gasteiger partial charge is 0.366 e. The van der Waals surface area contributed by atoms with Gasteiger partial charge in [-0.1, -0.05) is 0 Å². The number of carbonyl (C=O) groups excluding carboxylic acids is 1. The van der Waals surface area contributed by atoms with Crippen LogP contribution in [-0.2, 0) is 0 Å². The predicted molar refractivity (Wildman–Crippen MR) is 41.8 cm³/mol. The Bertz CT molecular complexity index is 338. The molecule has 0 bridgehead atoms. The molecule has 0 aromatic carbocycles. The minimum Gasteiger partial charge on any atom is -0.366 e. The number of hydrogen-bond acceptors (Lipinski definition) is 2. The first-order valence-corrected chi connectivity index (χ1v) is 3.31. The molecule has 0 aliphatic heterocycles. The maximum absolute atomic E-state index is 11.2. The molecule has 0 aliphatic rings. The van der Waals surface area contributed by atoms with Gasteiger partial charge in [0.25, 0.3) is 0 Å². The fraction of sp³-hybridized carbons (Fsp3) is 0.250. The SMILES string of the molecule is CC(=O)c1c[nH]cc(C)c1=O. The van der Waals surface area contributed by atoms with Crippen LogP contribution in [0.15, 0.2) is 17.2 Å². The van der Waals surface area contributed by atoms with Crippen molar-refractivity contribution in [3.05, 3.63) is 33.7 Å². The Morgan fingerprint density at radius 2 is 2.09 bits per heavy atom. The summed E-state index contributed by atoms with van der Waals surface area (Å²) in [6, 6.07) is 0. The molecule has 0 saturated heterocycles. The van der Waals surface area contributed by atoms with E-state index in [9.17, 15) is 9.59 Å². The quantitative estimate of drug-likeness (QED) is 0.606. The van der Waals surface area contributed by atoms with Crippen molar-refractivity contribution in [3.63, 3.8) is 0 Å². The lowest BCUT2D eigenvalue weighted by atomic mass is 10.1. The van der Waals surface area contributed by atoms with Gasteiger partial charge in [0.05, 0.1) is 5.56 Å². The van der Waals surface area contributed by atoms with E-state index in [4.69, 9.17) is 0 Å². The van der Waals surface area contributed by atoms with Gasteiger partial charge < -0.3 is 4.98 Å². The van der Waals surface area contributed by atoms with Gasteiger partial charge in [-0.3, -0.25) is 9.59 Å². The van der Waals surface area contributed by atoms with Crippen molar-refractivity contribution >= 4 is 5.78 Å². The van der Waals surface area contributed by atoms with Gasteiger partial charge in [0.15, 0.2) is 11.2 Å². The number of H-pyrrole nitrogens is 1. The van der Waals surface area contributed by atoms with Gasteiger partial charge in [0, 0.05) is 18.0 Å². The Morgan fingerprint density at radius 1 is 1.45 bits per heavy atom. The summed E-state index contributed by atoms with van der Waals surface area (Å²) in [4.78, 5) is 24.7. The second kappa shape index (κ2) is 2.70. The molecule has 0 radical (unpaired) electrons. The molecule has 0 fully saturated rings. The fourth-order valence-corrected chi connectivity index (χ4v) is 0.855. The van der Waals surface area contributed by atoms with Crippen LogP contribution in [0.5, 0.6) is 0 Å². The van der Waals surface area contributed by atoms with E-state index in [1.165, 1.54) is 13.1 Å². The lowest BCUT2D eigenvalue weighted by molar-refractivity contribution is 0.101. The van der Waals surface area contributed by atoms with Crippen molar-refractivity contribution in [1.82, 2.24) is 4.98 Å². The highest BCUT2D eigenvalue weighted by Gasteiger charge is 2.04. The molecule has 1 N–H and O–H groups in total. The standard InChI is InChI=1S/C8H9NO2/c1-5-3-9-4-7(6(2)10)8(5)11/h3-4H,1-2H3,(H,9,11). The molecule has 0 saturated carbocycles. The number of Topliss-reactive ketones (excluding diaryl/α,β-unsaturated/α-hetero) is 1. The number of ketones is 1. The second-order valence-corrected chi connectivity index (χ2v) is 2.44. The van der Waals surface area contributed by atoms with Crippen molar-refractivity contribution in [2.45, 2.75) is 13.8 Å². The lowest BCUT2D eigenvalue weighted by Gasteiger charge is -1.94. The van der Waals surface area contributed by atoms with E-state index >= 15 is 0 Å². The van der Waals surface area contributed by atoms with Crippen LogP contribution >= 0.6 is 0 Å². The second-order valence-electron chi connectivity index (χ2n) is 2.44. The minimum atomic E-state index is -0.199. The monoisotopic (exact) mass is 151 g/mol. The Kier molecular flexibility index (Phi) is 1.89. The van der Waals surface area contributed by atoms with Gasteiger partial charge in [-0.25, -0.2) is 0 Å². The van der Waals surface area contributed by atoms with Crippen LogP contribution in [-0.4, -0.2) is 10.8 Å². The van der Waals surface area contributed by atoms with Gasteiger partial charge in [-0.2, -0.15) is 0 Å². The molecule has 1 aromatic heterocycles. The summed E-state index contributed by atoms with van der Waals surface area (Å²) >= 11 is 0. The molecule has 58 valence electrons. The molecular weight excluding hydrogens is 142 g/mol. The zero-order valence-electron chi connectivity index (χ0n) is 6.47. The highest BCUT2D eigenvalue weighted by atomic mass is 16.1. The van der Waals surface area contributed by atoms with Crippen LogP contribution < -0.4 is 5.43 Å². The molecule has 1 heterocycles. The molecule has 0 aliphatic carbocycles. The van der Waals surface area contributed by atoms with Crippen molar-refractivity contribution < 1.29 is 4.79 Å². The first kappa shape index (κ1) is 7.72. The predicted octanol–water partition coefficient (Wildman–Crippen LogP) is 0.886. The molecular formula is C8H9NO2. The third kappa shape index (κ3) is 1.37. The maximum Gasteiger partial charge on any atom is 0.195 e. The first-order chi connectivity index (χ1) is 5.13. The molecule has 3 nitrogen and oxygen atoms in total. The molecule has 0 atom stereocenters. The van der Waals surface area contributed by atoms with Crippen LogP contribution in [0.2, 0.25) is 0 Å². The minimum absolute atomic E-state index is 0.184. The summed E-state index contributed by atoms with van der Waals surface area (Å²) in [6.45, 7) is 3.05. The summed E-state index contributed by atoms with van der Waals surface area (Å²) in [5.41, 5.74) is 0.610. The fourth-order valence-electron chi connectivity index (χ4n) is 0.855. The Hall–Kier alpha value is -1.38. The summed E-state index contributed by atoms with van der Waals surface area (Å²) in [5, 5.41) is 0. The van der Waals surface area contributed by atoms with E-state index in [1.54, 1.807) is 13.1 Å². The summed E-state index contributed by atoms with van der Waals surface area (Å²) in [7, 11) is 0. The average molecular weight is 151 g/mol. The van der Waals surface area contributed by atoms with Crippen LogP contribution in [0.4, 0.5) is 0 Å². The molecule has 11 heavy (non-hydrogen) atoms. The number of carbonyl (C=O) groups is 1. The van der Waals surface area contributed by atoms with E-state index in [2.05, 4.69) is 4.98 Å². The molecule has 1 rings (SSSR count). The number of pyridine rings is 1. The highest BCUT2D eigenvalue weighted by Crippen LogP contribution is 1.92. The molecule has 0 unspecified atom stereocenters. The van der Waals surface area contributed by atoms with Gasteiger partial charge in [-0.05, 0) is 13.8 Å². The Morgan fingerprint density at radius 3 is 2.55 bits per heavy atom. The number of aromatic amines is 1. The van der Waals surface area contributed by atoms with Crippen molar-refractivity contribution in [3.8, 4) is 0 Å². The third-order valence-electron chi connectivity index (χ3n) is 1.51. The molecule has 0 amide bonds. The normalized spacial score (nSPS) is 9.64.